The van der Waals surface area contributed by atoms with Crippen molar-refractivity contribution in [1.82, 2.24) is 0 Å². The van der Waals surface area contributed by atoms with Crippen LogP contribution in [0.25, 0.3) is 0 Å². The van der Waals surface area contributed by atoms with Crippen LogP contribution in [0.15, 0.2) is 0 Å². The van der Waals surface area contributed by atoms with Crippen molar-refractivity contribution in [1.29, 1.82) is 0 Å². The van der Waals surface area contributed by atoms with Crippen molar-refractivity contribution >= 4 is 0 Å². The smallest absolute Gasteiger partial charge is 0.0626 e. The lowest BCUT2D eigenvalue weighted by Gasteiger charge is -2.40. The standard InChI is InChI=1S/C10H18O2/c1-9(2)5-7(11)10(3)4-6(10)8(9)12/h6-8,11-12H,4-5H2,1-3H3. The molecule has 0 aromatic carbocycles. The minimum absolute atomic E-state index is 0.0366. The minimum Gasteiger partial charge on any atom is -0.393 e. The van der Waals surface area contributed by atoms with Gasteiger partial charge >= 0.3 is 0 Å². The molecule has 2 fully saturated rings. The molecule has 0 radical (unpaired) electrons. The van der Waals surface area contributed by atoms with Crippen molar-refractivity contribution in [3.63, 3.8) is 0 Å². The lowest BCUT2D eigenvalue weighted by atomic mass is 9.70. The SMILES string of the molecule is CC1(C)CC(O)C2(C)CC2C1O. The molecule has 2 saturated carbocycles. The molecule has 2 aliphatic carbocycles. The Hall–Kier alpha value is -0.0800. The van der Waals surface area contributed by atoms with Gasteiger partial charge in [0.15, 0.2) is 0 Å². The fourth-order valence-electron chi connectivity index (χ4n) is 2.67. The zero-order chi connectivity index (χ0) is 9.15. The summed E-state index contributed by atoms with van der Waals surface area (Å²) in [6.07, 6.45) is 1.31. The van der Waals surface area contributed by atoms with Crippen LogP contribution < -0.4 is 0 Å². The second-order valence-corrected chi connectivity index (χ2v) is 5.47. The fraction of sp³-hybridized carbons (Fsp3) is 1.00. The van der Waals surface area contributed by atoms with Gasteiger partial charge in [0.2, 0.25) is 0 Å². The summed E-state index contributed by atoms with van der Waals surface area (Å²) in [5.74, 6) is 0.344. The topological polar surface area (TPSA) is 40.5 Å². The molecule has 0 aliphatic heterocycles. The first-order valence-corrected chi connectivity index (χ1v) is 4.74. The van der Waals surface area contributed by atoms with E-state index in [4.69, 9.17) is 0 Å². The van der Waals surface area contributed by atoms with E-state index < -0.39 is 0 Å². The van der Waals surface area contributed by atoms with Crippen LogP contribution in [0.2, 0.25) is 0 Å². The lowest BCUT2D eigenvalue weighted by Crippen LogP contribution is -2.44. The van der Waals surface area contributed by atoms with Crippen LogP contribution in [0.1, 0.15) is 33.6 Å². The van der Waals surface area contributed by atoms with E-state index in [2.05, 4.69) is 6.92 Å². The van der Waals surface area contributed by atoms with Crippen molar-refractivity contribution in [2.24, 2.45) is 16.7 Å². The Balaban J connectivity index is 2.22. The van der Waals surface area contributed by atoms with Crippen molar-refractivity contribution < 1.29 is 10.2 Å². The Labute approximate surface area is 73.6 Å². The zero-order valence-electron chi connectivity index (χ0n) is 8.04. The van der Waals surface area contributed by atoms with Gasteiger partial charge in [-0.2, -0.15) is 0 Å². The number of aliphatic hydroxyl groups excluding tert-OH is 2. The van der Waals surface area contributed by atoms with Crippen molar-refractivity contribution in [3.8, 4) is 0 Å². The van der Waals surface area contributed by atoms with Crippen LogP contribution in [0.5, 0.6) is 0 Å². The molecule has 2 nitrogen and oxygen atoms in total. The van der Waals surface area contributed by atoms with Crippen molar-refractivity contribution in [2.45, 2.75) is 45.8 Å². The van der Waals surface area contributed by atoms with Crippen molar-refractivity contribution in [3.05, 3.63) is 0 Å². The molecule has 2 heteroatoms. The van der Waals surface area contributed by atoms with E-state index >= 15 is 0 Å². The van der Waals surface area contributed by atoms with Crippen LogP contribution in [0.3, 0.4) is 0 Å². The van der Waals surface area contributed by atoms with Gasteiger partial charge in [-0.3, -0.25) is 0 Å². The van der Waals surface area contributed by atoms with Gasteiger partial charge in [-0.25, -0.2) is 0 Å². The van der Waals surface area contributed by atoms with E-state index in [-0.39, 0.29) is 23.0 Å². The van der Waals surface area contributed by atoms with Gasteiger partial charge in [0.25, 0.3) is 0 Å². The summed E-state index contributed by atoms with van der Waals surface area (Å²) < 4.78 is 0. The van der Waals surface area contributed by atoms with E-state index in [0.29, 0.717) is 5.92 Å². The second-order valence-electron chi connectivity index (χ2n) is 5.47. The Kier molecular flexibility index (Phi) is 1.45. The van der Waals surface area contributed by atoms with Gasteiger partial charge in [-0.15, -0.1) is 0 Å². The van der Waals surface area contributed by atoms with Gasteiger partial charge < -0.3 is 10.2 Å². The summed E-state index contributed by atoms with van der Waals surface area (Å²) in [6, 6.07) is 0. The van der Waals surface area contributed by atoms with Gasteiger partial charge in [0.1, 0.15) is 0 Å². The van der Waals surface area contributed by atoms with E-state index in [0.717, 1.165) is 12.8 Å². The first-order valence-electron chi connectivity index (χ1n) is 4.74. The number of hydrogen-bond acceptors (Lipinski definition) is 2. The van der Waals surface area contributed by atoms with Crippen LogP contribution in [-0.2, 0) is 0 Å². The van der Waals surface area contributed by atoms with Crippen LogP contribution >= 0.6 is 0 Å². The predicted molar refractivity (Wildman–Crippen MR) is 46.6 cm³/mol. The van der Waals surface area contributed by atoms with Crippen LogP contribution in [0.4, 0.5) is 0 Å². The first kappa shape index (κ1) is 8.52. The molecule has 0 bridgehead atoms. The molecule has 0 aromatic rings. The molecular weight excluding hydrogens is 152 g/mol. The number of fused-ring (bicyclic) bond motifs is 1. The molecule has 0 saturated heterocycles. The highest BCUT2D eigenvalue weighted by Crippen LogP contribution is 2.64. The number of aliphatic hydroxyl groups is 2. The van der Waals surface area contributed by atoms with Crippen LogP contribution in [0, 0.1) is 16.7 Å². The first-order chi connectivity index (χ1) is 5.38. The van der Waals surface area contributed by atoms with Crippen LogP contribution in [-0.4, -0.2) is 22.4 Å². The fourth-order valence-corrected chi connectivity index (χ4v) is 2.67. The molecule has 0 spiro atoms. The Morgan fingerprint density at radius 2 is 1.67 bits per heavy atom. The summed E-state index contributed by atoms with van der Waals surface area (Å²) in [6.45, 7) is 6.17. The third-order valence-corrected chi connectivity index (χ3v) is 4.01. The molecular formula is C10H18O2. The Morgan fingerprint density at radius 1 is 1.08 bits per heavy atom. The average molecular weight is 170 g/mol. The van der Waals surface area contributed by atoms with Gasteiger partial charge in [-0.1, -0.05) is 20.8 Å². The monoisotopic (exact) mass is 170 g/mol. The largest absolute Gasteiger partial charge is 0.393 e. The summed E-state index contributed by atoms with van der Waals surface area (Å²) in [4.78, 5) is 0. The predicted octanol–water partition coefficient (Wildman–Crippen LogP) is 1.16. The maximum absolute atomic E-state index is 9.92. The highest BCUT2D eigenvalue weighted by molar-refractivity contribution is 5.14. The quantitative estimate of drug-likeness (QED) is 0.573. The summed E-state index contributed by atoms with van der Waals surface area (Å²) >= 11 is 0. The lowest BCUT2D eigenvalue weighted by molar-refractivity contribution is -0.0716. The average Bonchev–Trinajstić information content (AvgIpc) is 2.60. The van der Waals surface area contributed by atoms with E-state index in [1.807, 2.05) is 13.8 Å². The summed E-state index contributed by atoms with van der Waals surface area (Å²) in [5.41, 5.74) is -0.0605. The summed E-state index contributed by atoms with van der Waals surface area (Å²) in [5, 5.41) is 19.7. The second kappa shape index (κ2) is 2.05. The van der Waals surface area contributed by atoms with E-state index in [9.17, 15) is 10.2 Å². The third kappa shape index (κ3) is 0.882. The van der Waals surface area contributed by atoms with Gasteiger partial charge in [0, 0.05) is 0 Å². The molecule has 4 unspecified atom stereocenters. The minimum atomic E-state index is -0.217. The maximum atomic E-state index is 9.92. The van der Waals surface area contributed by atoms with Crippen molar-refractivity contribution in [2.75, 3.05) is 0 Å². The molecule has 12 heavy (non-hydrogen) atoms. The maximum Gasteiger partial charge on any atom is 0.0626 e. The number of rotatable bonds is 0. The van der Waals surface area contributed by atoms with Gasteiger partial charge in [-0.05, 0) is 29.6 Å². The molecule has 2 rings (SSSR count). The molecule has 0 amide bonds. The Morgan fingerprint density at radius 3 is 2.25 bits per heavy atom. The zero-order valence-corrected chi connectivity index (χ0v) is 8.04. The Bertz CT molecular complexity index is 212. The molecule has 0 aromatic heterocycles. The molecule has 2 N–H and O–H groups in total. The molecule has 2 aliphatic rings. The number of hydrogen-bond donors (Lipinski definition) is 2. The normalized spacial score (nSPS) is 56.2. The van der Waals surface area contributed by atoms with E-state index in [1.54, 1.807) is 0 Å². The van der Waals surface area contributed by atoms with Gasteiger partial charge in [0.05, 0.1) is 12.2 Å². The highest BCUT2D eigenvalue weighted by atomic mass is 16.3. The summed E-state index contributed by atoms with van der Waals surface area (Å²) in [7, 11) is 0. The molecule has 4 atom stereocenters. The highest BCUT2D eigenvalue weighted by Gasteiger charge is 2.64. The molecule has 70 valence electrons. The van der Waals surface area contributed by atoms with E-state index in [1.165, 1.54) is 0 Å². The third-order valence-electron chi connectivity index (χ3n) is 4.01. The molecule has 0 heterocycles.